The van der Waals surface area contributed by atoms with E-state index < -0.39 is 30.8 Å². The lowest BCUT2D eigenvalue weighted by Crippen LogP contribution is -2.35. The van der Waals surface area contributed by atoms with Crippen molar-refractivity contribution in [3.8, 4) is 0 Å². The van der Waals surface area contributed by atoms with Crippen molar-refractivity contribution in [1.29, 1.82) is 0 Å². The van der Waals surface area contributed by atoms with Crippen molar-refractivity contribution in [2.75, 3.05) is 11.9 Å². The minimum Gasteiger partial charge on any atom is -0.301 e. The van der Waals surface area contributed by atoms with E-state index in [1.54, 1.807) is 24.4 Å². The van der Waals surface area contributed by atoms with Crippen LogP contribution in [0.5, 0.6) is 0 Å². The number of anilines is 1. The number of halogens is 4. The number of aromatic nitrogens is 1. The number of carbonyl (C=O) groups is 1. The maximum Gasteiger partial charge on any atom is 0.262 e. The van der Waals surface area contributed by atoms with Gasteiger partial charge in [-0.25, -0.2) is 18.2 Å². The second-order valence-corrected chi connectivity index (χ2v) is 6.50. The average molecular weight is 378 g/mol. The number of nitrogens with one attached hydrogen (secondary N) is 2. The van der Waals surface area contributed by atoms with Crippen molar-refractivity contribution in [2.45, 2.75) is 24.8 Å². The van der Waals surface area contributed by atoms with Crippen LogP contribution < -0.4 is 10.6 Å². The highest BCUT2D eigenvalue weighted by Gasteiger charge is 2.42. The molecule has 130 valence electrons. The molecule has 2 heterocycles. The van der Waals surface area contributed by atoms with Crippen LogP contribution in [0.2, 0.25) is 0 Å². The number of nitrogens with zero attached hydrogens (tertiary/aromatic N) is 1. The molecule has 1 aliphatic heterocycles. The Bertz CT molecular complexity index is 725. The lowest BCUT2D eigenvalue weighted by Gasteiger charge is -2.08. The maximum atomic E-state index is 13.6. The van der Waals surface area contributed by atoms with Crippen LogP contribution in [0.1, 0.15) is 16.9 Å². The Kier molecular flexibility index (Phi) is 5.84. The van der Waals surface area contributed by atoms with Gasteiger partial charge in [-0.3, -0.25) is 10.1 Å². The van der Waals surface area contributed by atoms with Crippen LogP contribution >= 0.6 is 23.7 Å². The summed E-state index contributed by atoms with van der Waals surface area (Å²) in [6.07, 6.45) is 1.38. The van der Waals surface area contributed by atoms with Crippen LogP contribution in [0, 0.1) is 5.82 Å². The van der Waals surface area contributed by atoms with Gasteiger partial charge in [-0.15, -0.1) is 23.7 Å². The molecule has 4 nitrogen and oxygen atoms in total. The largest absolute Gasteiger partial charge is 0.301 e. The molecule has 0 saturated carbocycles. The Morgan fingerprint density at radius 1 is 1.42 bits per heavy atom. The number of carbonyl (C=O) groups excluding carboxylic acids is 1. The molecule has 0 spiro atoms. The molecule has 1 unspecified atom stereocenters. The molecule has 1 amide bonds. The van der Waals surface area contributed by atoms with E-state index in [1.165, 1.54) is 17.4 Å². The molecular formula is C15H15ClF3N3OS. The third kappa shape index (κ3) is 4.46. The highest BCUT2D eigenvalue weighted by Crippen LogP contribution is 2.27. The van der Waals surface area contributed by atoms with E-state index in [2.05, 4.69) is 15.6 Å². The lowest BCUT2D eigenvalue weighted by molar-refractivity contribution is -0.118. The molecule has 0 aliphatic carbocycles. The third-order valence-corrected chi connectivity index (χ3v) is 4.45. The number of amides is 1. The topological polar surface area (TPSA) is 54.0 Å². The number of alkyl halides is 2. The van der Waals surface area contributed by atoms with E-state index in [-0.39, 0.29) is 18.2 Å². The first-order valence-electron chi connectivity index (χ1n) is 7.03. The second-order valence-electron chi connectivity index (χ2n) is 5.38. The van der Waals surface area contributed by atoms with Crippen molar-refractivity contribution in [1.82, 2.24) is 10.3 Å². The Balaban J connectivity index is 0.00000208. The minimum absolute atomic E-state index is 0. The fourth-order valence-electron chi connectivity index (χ4n) is 2.37. The molecule has 1 saturated heterocycles. The Labute approximate surface area is 146 Å². The number of hydrogen-bond acceptors (Lipinski definition) is 4. The maximum absolute atomic E-state index is 13.6. The van der Waals surface area contributed by atoms with E-state index in [1.807, 2.05) is 0 Å². The van der Waals surface area contributed by atoms with Gasteiger partial charge in [-0.2, -0.15) is 0 Å². The second kappa shape index (κ2) is 7.50. The van der Waals surface area contributed by atoms with Crippen molar-refractivity contribution >= 4 is 34.8 Å². The molecule has 1 atom stereocenters. The van der Waals surface area contributed by atoms with Crippen molar-refractivity contribution < 1.29 is 18.0 Å². The summed E-state index contributed by atoms with van der Waals surface area (Å²) in [4.78, 5) is 16.7. The fraction of sp³-hybridized carbons (Fsp3) is 0.333. The quantitative estimate of drug-likeness (QED) is 0.860. The Morgan fingerprint density at radius 2 is 2.17 bits per heavy atom. The van der Waals surface area contributed by atoms with Gasteiger partial charge in [-0.1, -0.05) is 18.2 Å². The summed E-state index contributed by atoms with van der Waals surface area (Å²) in [5, 5.41) is 5.33. The molecule has 0 bridgehead atoms. The monoisotopic (exact) mass is 377 g/mol. The molecule has 2 aromatic rings. The van der Waals surface area contributed by atoms with Gasteiger partial charge in [0, 0.05) is 23.9 Å². The van der Waals surface area contributed by atoms with Gasteiger partial charge in [0.15, 0.2) is 5.13 Å². The normalized spacial score (nSPS) is 18.9. The summed E-state index contributed by atoms with van der Waals surface area (Å²) in [5.41, 5.74) is 0.533. The van der Waals surface area contributed by atoms with Crippen molar-refractivity contribution in [3.05, 3.63) is 46.7 Å². The molecule has 0 radical (unpaired) electrons. The summed E-state index contributed by atoms with van der Waals surface area (Å²) in [7, 11) is 0. The van der Waals surface area contributed by atoms with Crippen LogP contribution in [-0.2, 0) is 11.2 Å². The predicted molar refractivity (Wildman–Crippen MR) is 88.6 cm³/mol. The summed E-state index contributed by atoms with van der Waals surface area (Å²) in [6, 6.07) is 5.49. The predicted octanol–water partition coefficient (Wildman–Crippen LogP) is 3.23. The SMILES string of the molecule is Cl.O=C(Nc1ncc(Cc2ccccc2F)s1)C1CC(F)(F)CN1. The van der Waals surface area contributed by atoms with Crippen molar-refractivity contribution in [3.63, 3.8) is 0 Å². The van der Waals surface area contributed by atoms with E-state index in [4.69, 9.17) is 0 Å². The number of hydrogen-bond donors (Lipinski definition) is 2. The van der Waals surface area contributed by atoms with Gasteiger partial charge in [-0.05, 0) is 11.6 Å². The van der Waals surface area contributed by atoms with Crippen molar-refractivity contribution in [2.24, 2.45) is 0 Å². The zero-order chi connectivity index (χ0) is 16.4. The first-order valence-corrected chi connectivity index (χ1v) is 7.85. The fourth-order valence-corrected chi connectivity index (χ4v) is 3.21. The van der Waals surface area contributed by atoms with E-state index >= 15 is 0 Å². The van der Waals surface area contributed by atoms with Gasteiger partial charge in [0.2, 0.25) is 5.91 Å². The average Bonchev–Trinajstić information content (AvgIpc) is 3.08. The summed E-state index contributed by atoms with van der Waals surface area (Å²) in [6.45, 7) is -0.499. The van der Waals surface area contributed by atoms with Gasteiger partial charge in [0.25, 0.3) is 5.92 Å². The molecule has 1 aromatic carbocycles. The summed E-state index contributed by atoms with van der Waals surface area (Å²) in [5.74, 6) is -3.70. The van der Waals surface area contributed by atoms with Gasteiger partial charge >= 0.3 is 0 Å². The smallest absolute Gasteiger partial charge is 0.262 e. The van der Waals surface area contributed by atoms with E-state index in [0.717, 1.165) is 4.88 Å². The molecule has 2 N–H and O–H groups in total. The summed E-state index contributed by atoms with van der Waals surface area (Å²) < 4.78 is 39.8. The Morgan fingerprint density at radius 3 is 2.83 bits per heavy atom. The molecule has 24 heavy (non-hydrogen) atoms. The molecule has 1 fully saturated rings. The van der Waals surface area contributed by atoms with Crippen LogP contribution in [0.25, 0.3) is 0 Å². The number of thiazole rings is 1. The summed E-state index contributed by atoms with van der Waals surface area (Å²) >= 11 is 1.20. The first kappa shape index (κ1) is 18.7. The molecular weight excluding hydrogens is 363 g/mol. The van der Waals surface area contributed by atoms with Gasteiger partial charge < -0.3 is 5.32 Å². The third-order valence-electron chi connectivity index (χ3n) is 3.53. The van der Waals surface area contributed by atoms with Crippen LogP contribution in [0.4, 0.5) is 18.3 Å². The van der Waals surface area contributed by atoms with E-state index in [0.29, 0.717) is 17.1 Å². The highest BCUT2D eigenvalue weighted by molar-refractivity contribution is 7.15. The lowest BCUT2D eigenvalue weighted by atomic mass is 10.1. The standard InChI is InChI=1S/C15H14F3N3OS.ClH/c16-11-4-2-1-3-9(11)5-10-7-19-14(23-10)21-13(22)12-6-15(17,18)8-20-12;/h1-4,7,12,20H,5-6,8H2,(H,19,21,22);1H. The minimum atomic E-state index is -2.86. The Hall–Kier alpha value is -1.64. The van der Waals surface area contributed by atoms with E-state index in [9.17, 15) is 18.0 Å². The van der Waals surface area contributed by atoms with Gasteiger partial charge in [0.05, 0.1) is 12.6 Å². The number of benzene rings is 1. The zero-order valence-electron chi connectivity index (χ0n) is 12.4. The molecule has 3 rings (SSSR count). The zero-order valence-corrected chi connectivity index (χ0v) is 14.0. The van der Waals surface area contributed by atoms with Crippen LogP contribution in [0.15, 0.2) is 30.5 Å². The van der Waals surface area contributed by atoms with Gasteiger partial charge in [0.1, 0.15) is 5.82 Å². The number of rotatable bonds is 4. The first-order chi connectivity index (χ1) is 10.9. The molecule has 1 aliphatic rings. The molecule has 1 aromatic heterocycles. The highest BCUT2D eigenvalue weighted by atomic mass is 35.5. The molecule has 9 heteroatoms. The van der Waals surface area contributed by atoms with Crippen LogP contribution in [-0.4, -0.2) is 29.4 Å². The van der Waals surface area contributed by atoms with Crippen LogP contribution in [0.3, 0.4) is 0 Å².